The molecule has 0 bridgehead atoms. The molecular formula is C19H31IN6O2. The minimum atomic E-state index is -0.230. The first-order valence-electron chi connectivity index (χ1n) is 9.56. The summed E-state index contributed by atoms with van der Waals surface area (Å²) in [7, 11) is 5.76. The number of carbonyl (C=O) groups excluding carboxylic acids is 1. The molecule has 9 heteroatoms. The maximum atomic E-state index is 12.5. The Morgan fingerprint density at radius 1 is 1.32 bits per heavy atom. The number of halogens is 1. The lowest BCUT2D eigenvalue weighted by Crippen LogP contribution is -2.55. The quantitative estimate of drug-likeness (QED) is 0.379. The average molecular weight is 502 g/mol. The summed E-state index contributed by atoms with van der Waals surface area (Å²) >= 11 is 0. The van der Waals surface area contributed by atoms with E-state index < -0.39 is 0 Å². The van der Waals surface area contributed by atoms with E-state index in [9.17, 15) is 4.79 Å². The molecule has 2 aliphatic heterocycles. The number of carbonyl (C=O) groups is 1. The lowest BCUT2D eigenvalue weighted by molar-refractivity contribution is -0.142. The maximum Gasteiger partial charge on any atom is 0.251 e. The second-order valence-electron chi connectivity index (χ2n) is 7.13. The number of rotatable bonds is 4. The monoisotopic (exact) mass is 502 g/mol. The molecule has 0 aromatic carbocycles. The van der Waals surface area contributed by atoms with Gasteiger partial charge >= 0.3 is 0 Å². The molecule has 3 heterocycles. The number of guanidine groups is 1. The summed E-state index contributed by atoms with van der Waals surface area (Å²) in [5, 5.41) is 3.42. The molecule has 1 aromatic heterocycles. The van der Waals surface area contributed by atoms with Gasteiger partial charge < -0.3 is 24.8 Å². The van der Waals surface area contributed by atoms with Gasteiger partial charge in [0.2, 0.25) is 0 Å². The first-order chi connectivity index (χ1) is 13.1. The van der Waals surface area contributed by atoms with Crippen molar-refractivity contribution in [3.05, 3.63) is 23.9 Å². The molecule has 8 nitrogen and oxygen atoms in total. The van der Waals surface area contributed by atoms with Crippen molar-refractivity contribution in [1.82, 2.24) is 20.1 Å². The topological polar surface area (TPSA) is 73.3 Å². The zero-order valence-electron chi connectivity index (χ0n) is 16.9. The first-order valence-corrected chi connectivity index (χ1v) is 9.56. The standard InChI is InChI=1S/C19H30N6O2.HI/c1-20-19(22-14-15-6-7-21-17(13-15)23(2)3)25-10-8-24(9-11-25)18(26)16-5-4-12-27-16;/h6-7,13,16H,4-5,8-12,14H2,1-3H3,(H,20,22);1H. The molecule has 156 valence electrons. The molecule has 28 heavy (non-hydrogen) atoms. The summed E-state index contributed by atoms with van der Waals surface area (Å²) in [5.74, 6) is 1.94. The zero-order valence-corrected chi connectivity index (χ0v) is 19.3. The van der Waals surface area contributed by atoms with Crippen molar-refractivity contribution in [3.63, 3.8) is 0 Å². The van der Waals surface area contributed by atoms with Crippen molar-refractivity contribution in [1.29, 1.82) is 0 Å². The number of nitrogens with zero attached hydrogens (tertiary/aromatic N) is 5. The Labute approximate surface area is 184 Å². The fraction of sp³-hybridized carbons (Fsp3) is 0.632. The molecule has 1 N–H and O–H groups in total. The number of hydrogen-bond acceptors (Lipinski definition) is 5. The van der Waals surface area contributed by atoms with Crippen LogP contribution in [0.2, 0.25) is 0 Å². The molecule has 1 amide bonds. The van der Waals surface area contributed by atoms with Crippen LogP contribution in [0.1, 0.15) is 18.4 Å². The summed E-state index contributed by atoms with van der Waals surface area (Å²) in [4.78, 5) is 27.3. The lowest BCUT2D eigenvalue weighted by atomic mass is 10.2. The molecule has 0 saturated carbocycles. The number of ether oxygens (including phenoxy) is 1. The van der Waals surface area contributed by atoms with Crippen molar-refractivity contribution in [3.8, 4) is 0 Å². The van der Waals surface area contributed by atoms with Gasteiger partial charge in [-0.05, 0) is 30.5 Å². The van der Waals surface area contributed by atoms with Crippen molar-refractivity contribution in [2.45, 2.75) is 25.5 Å². The third kappa shape index (κ3) is 5.69. The minimum absolute atomic E-state index is 0. The summed E-state index contributed by atoms with van der Waals surface area (Å²) in [6, 6.07) is 4.07. The van der Waals surface area contributed by atoms with Gasteiger partial charge in [0.05, 0.1) is 0 Å². The Balaban J connectivity index is 0.00000280. The van der Waals surface area contributed by atoms with E-state index in [1.807, 2.05) is 36.2 Å². The van der Waals surface area contributed by atoms with Crippen LogP contribution in [0.15, 0.2) is 23.3 Å². The van der Waals surface area contributed by atoms with E-state index in [1.165, 1.54) is 0 Å². The highest BCUT2D eigenvalue weighted by atomic mass is 127. The summed E-state index contributed by atoms with van der Waals surface area (Å²) in [6.45, 7) is 4.36. The van der Waals surface area contributed by atoms with Crippen LogP contribution in [0.5, 0.6) is 0 Å². The van der Waals surface area contributed by atoms with E-state index >= 15 is 0 Å². The van der Waals surface area contributed by atoms with Gasteiger partial charge in [-0.1, -0.05) is 0 Å². The number of pyridine rings is 1. The van der Waals surface area contributed by atoms with Crippen molar-refractivity contribution in [2.24, 2.45) is 4.99 Å². The van der Waals surface area contributed by atoms with Gasteiger partial charge in [0, 0.05) is 66.7 Å². The van der Waals surface area contributed by atoms with Gasteiger partial charge in [-0.25, -0.2) is 4.98 Å². The van der Waals surface area contributed by atoms with Gasteiger partial charge in [-0.15, -0.1) is 24.0 Å². The van der Waals surface area contributed by atoms with Crippen molar-refractivity contribution < 1.29 is 9.53 Å². The molecule has 1 aromatic rings. The zero-order chi connectivity index (χ0) is 19.2. The first kappa shape index (κ1) is 22.7. The number of hydrogen-bond donors (Lipinski definition) is 1. The molecule has 0 radical (unpaired) electrons. The van der Waals surface area contributed by atoms with Crippen LogP contribution in [-0.2, 0) is 16.1 Å². The molecular weight excluding hydrogens is 471 g/mol. The molecule has 2 fully saturated rings. The van der Waals surface area contributed by atoms with E-state index in [1.54, 1.807) is 7.05 Å². The third-order valence-corrected chi connectivity index (χ3v) is 5.03. The van der Waals surface area contributed by atoms with Gasteiger partial charge in [-0.2, -0.15) is 0 Å². The Kier molecular flexibility index (Phi) is 8.74. The van der Waals surface area contributed by atoms with E-state index in [0.29, 0.717) is 26.2 Å². The van der Waals surface area contributed by atoms with Crippen LogP contribution in [0.4, 0.5) is 5.82 Å². The van der Waals surface area contributed by atoms with E-state index in [0.717, 1.165) is 43.3 Å². The van der Waals surface area contributed by atoms with Gasteiger partial charge in [0.25, 0.3) is 5.91 Å². The Morgan fingerprint density at radius 3 is 2.64 bits per heavy atom. The largest absolute Gasteiger partial charge is 0.368 e. The maximum absolute atomic E-state index is 12.5. The molecule has 1 atom stereocenters. The SMILES string of the molecule is CN=C(NCc1ccnc(N(C)C)c1)N1CCN(C(=O)C2CCCO2)CC1.I. The number of amides is 1. The third-order valence-electron chi connectivity index (χ3n) is 5.03. The number of aromatic nitrogens is 1. The fourth-order valence-corrected chi connectivity index (χ4v) is 3.44. The van der Waals surface area contributed by atoms with E-state index in [-0.39, 0.29) is 36.0 Å². The second-order valence-corrected chi connectivity index (χ2v) is 7.13. The second kappa shape index (κ2) is 10.8. The Hall–Kier alpha value is -1.62. The lowest BCUT2D eigenvalue weighted by Gasteiger charge is -2.37. The molecule has 1 unspecified atom stereocenters. The fourth-order valence-electron chi connectivity index (χ4n) is 3.44. The number of aliphatic imine (C=N–C) groups is 1. The summed E-state index contributed by atoms with van der Waals surface area (Å²) in [6.07, 6.45) is 3.43. The number of anilines is 1. The molecule has 2 saturated heterocycles. The van der Waals surface area contributed by atoms with Crippen molar-refractivity contribution >= 4 is 41.7 Å². The highest BCUT2D eigenvalue weighted by Crippen LogP contribution is 2.16. The predicted octanol–water partition coefficient (Wildman–Crippen LogP) is 1.16. The van der Waals surface area contributed by atoms with Crippen molar-refractivity contribution in [2.75, 3.05) is 58.8 Å². The van der Waals surface area contributed by atoms with Crippen LogP contribution in [0.3, 0.4) is 0 Å². The highest BCUT2D eigenvalue weighted by molar-refractivity contribution is 14.0. The molecule has 3 rings (SSSR count). The number of nitrogens with one attached hydrogen (secondary N) is 1. The van der Waals surface area contributed by atoms with Gasteiger partial charge in [0.15, 0.2) is 5.96 Å². The smallest absolute Gasteiger partial charge is 0.251 e. The Bertz CT molecular complexity index is 670. The van der Waals surface area contributed by atoms with E-state index in [4.69, 9.17) is 4.74 Å². The predicted molar refractivity (Wildman–Crippen MR) is 121 cm³/mol. The van der Waals surface area contributed by atoms with Crippen LogP contribution in [0.25, 0.3) is 0 Å². The van der Waals surface area contributed by atoms with Gasteiger partial charge in [-0.3, -0.25) is 9.79 Å². The molecule has 0 aliphatic carbocycles. The van der Waals surface area contributed by atoms with Crippen LogP contribution in [-0.4, -0.2) is 86.7 Å². The van der Waals surface area contributed by atoms with Gasteiger partial charge in [0.1, 0.15) is 11.9 Å². The van der Waals surface area contributed by atoms with Crippen LogP contribution >= 0.6 is 24.0 Å². The minimum Gasteiger partial charge on any atom is -0.368 e. The average Bonchev–Trinajstić information content (AvgIpc) is 3.23. The number of piperazine rings is 1. The highest BCUT2D eigenvalue weighted by Gasteiger charge is 2.30. The summed E-state index contributed by atoms with van der Waals surface area (Å²) in [5.41, 5.74) is 1.15. The molecule has 0 spiro atoms. The Morgan fingerprint density at radius 2 is 2.04 bits per heavy atom. The van der Waals surface area contributed by atoms with Crippen LogP contribution in [0, 0.1) is 0 Å². The van der Waals surface area contributed by atoms with E-state index in [2.05, 4.69) is 26.3 Å². The normalized spacial score (nSPS) is 20.0. The van der Waals surface area contributed by atoms with Crippen LogP contribution < -0.4 is 10.2 Å². The summed E-state index contributed by atoms with van der Waals surface area (Å²) < 4.78 is 5.53. The molecule has 2 aliphatic rings.